The number of para-hydroxylation sites is 2. The summed E-state index contributed by atoms with van der Waals surface area (Å²) in [6.07, 6.45) is 0.974. The monoisotopic (exact) mass is 478 g/mol. The van der Waals surface area contributed by atoms with Gasteiger partial charge in [-0.15, -0.1) is 0 Å². The van der Waals surface area contributed by atoms with E-state index < -0.39 is 30.0 Å². The molecular weight excluding hydrogens is 455 g/mol. The fourth-order valence-electron chi connectivity index (χ4n) is 2.87. The molecule has 0 aliphatic carbocycles. The van der Waals surface area contributed by atoms with Crippen molar-refractivity contribution in [3.63, 3.8) is 0 Å². The molecule has 0 unspecified atom stereocenters. The Morgan fingerprint density at radius 2 is 1.63 bits per heavy atom. The molecule has 0 spiro atoms. The number of hydrazone groups is 1. The van der Waals surface area contributed by atoms with Crippen LogP contribution in [0.4, 0.5) is 15.8 Å². The Morgan fingerprint density at radius 1 is 0.886 bits per heavy atom. The van der Waals surface area contributed by atoms with Gasteiger partial charge in [0.15, 0.2) is 18.1 Å². The molecule has 9 nitrogen and oxygen atoms in total. The van der Waals surface area contributed by atoms with Crippen molar-refractivity contribution in [2.45, 2.75) is 6.42 Å². The molecule has 0 saturated carbocycles. The van der Waals surface area contributed by atoms with E-state index >= 15 is 0 Å². The average molecular weight is 478 g/mol. The molecule has 3 aromatic carbocycles. The number of amides is 3. The minimum atomic E-state index is -0.581. The maximum Gasteiger partial charge on any atom is 0.262 e. The predicted molar refractivity (Wildman–Crippen MR) is 129 cm³/mol. The number of carbonyl (C=O) groups excluding carboxylic acids is 3. The highest BCUT2D eigenvalue weighted by Crippen LogP contribution is 2.27. The van der Waals surface area contributed by atoms with Gasteiger partial charge >= 0.3 is 0 Å². The summed E-state index contributed by atoms with van der Waals surface area (Å²) in [5.41, 5.74) is 3.50. The van der Waals surface area contributed by atoms with E-state index in [4.69, 9.17) is 9.47 Å². The molecule has 0 heterocycles. The molecule has 3 N–H and O–H groups in total. The van der Waals surface area contributed by atoms with Crippen molar-refractivity contribution >= 4 is 35.3 Å². The Kier molecular flexibility index (Phi) is 8.89. The summed E-state index contributed by atoms with van der Waals surface area (Å²) in [7, 11) is 1.43. The topological polar surface area (TPSA) is 118 Å². The first-order chi connectivity index (χ1) is 16.9. The Bertz CT molecular complexity index is 1220. The molecular formula is C25H23FN4O5. The van der Waals surface area contributed by atoms with Crippen LogP contribution in [0.5, 0.6) is 11.5 Å². The molecule has 10 heteroatoms. The molecule has 3 rings (SSSR count). The van der Waals surface area contributed by atoms with Crippen LogP contribution in [0.15, 0.2) is 77.9 Å². The first-order valence-corrected chi connectivity index (χ1v) is 10.5. The van der Waals surface area contributed by atoms with Crippen molar-refractivity contribution in [2.75, 3.05) is 24.4 Å². The Labute approximate surface area is 200 Å². The van der Waals surface area contributed by atoms with E-state index in [1.807, 2.05) is 6.07 Å². The van der Waals surface area contributed by atoms with Gasteiger partial charge in [-0.2, -0.15) is 5.10 Å². The fourth-order valence-corrected chi connectivity index (χ4v) is 2.87. The maximum absolute atomic E-state index is 13.6. The molecule has 0 radical (unpaired) electrons. The molecule has 0 bridgehead atoms. The highest BCUT2D eigenvalue weighted by atomic mass is 19.1. The largest absolute Gasteiger partial charge is 0.493 e. The number of nitrogens with one attached hydrogen (secondary N) is 3. The summed E-state index contributed by atoms with van der Waals surface area (Å²) in [4.78, 5) is 35.9. The summed E-state index contributed by atoms with van der Waals surface area (Å²) in [5, 5.41) is 8.87. The van der Waals surface area contributed by atoms with Crippen LogP contribution < -0.4 is 25.5 Å². The van der Waals surface area contributed by atoms with Crippen LogP contribution in [0, 0.1) is 5.82 Å². The van der Waals surface area contributed by atoms with E-state index in [0.717, 1.165) is 0 Å². The number of hydrogen-bond donors (Lipinski definition) is 3. The summed E-state index contributed by atoms with van der Waals surface area (Å²) in [6.45, 7) is -0.362. The van der Waals surface area contributed by atoms with Crippen LogP contribution in [0.25, 0.3) is 0 Å². The van der Waals surface area contributed by atoms with E-state index in [0.29, 0.717) is 17.0 Å². The molecule has 0 fully saturated rings. The minimum Gasteiger partial charge on any atom is -0.493 e. The highest BCUT2D eigenvalue weighted by Gasteiger charge is 2.11. The van der Waals surface area contributed by atoms with Crippen LogP contribution in [0.2, 0.25) is 0 Å². The summed E-state index contributed by atoms with van der Waals surface area (Å²) in [6, 6.07) is 19.4. The Morgan fingerprint density at radius 3 is 2.37 bits per heavy atom. The second-order valence-corrected chi connectivity index (χ2v) is 7.11. The van der Waals surface area contributed by atoms with E-state index in [9.17, 15) is 18.8 Å². The number of benzene rings is 3. The summed E-state index contributed by atoms with van der Waals surface area (Å²) in [5.74, 6) is -1.53. The lowest BCUT2D eigenvalue weighted by Crippen LogP contribution is -2.24. The summed E-state index contributed by atoms with van der Waals surface area (Å²) < 4.78 is 24.4. The van der Waals surface area contributed by atoms with Crippen molar-refractivity contribution in [1.29, 1.82) is 0 Å². The molecule has 3 aromatic rings. The van der Waals surface area contributed by atoms with Crippen molar-refractivity contribution < 1.29 is 28.2 Å². The third-order valence-electron chi connectivity index (χ3n) is 4.48. The van der Waals surface area contributed by atoms with E-state index in [1.165, 1.54) is 31.5 Å². The van der Waals surface area contributed by atoms with Crippen molar-refractivity contribution in [1.82, 2.24) is 5.43 Å². The van der Waals surface area contributed by atoms with Gasteiger partial charge in [-0.1, -0.05) is 30.3 Å². The fraction of sp³-hybridized carbons (Fsp3) is 0.120. The number of hydrogen-bond acceptors (Lipinski definition) is 6. The predicted octanol–water partition coefficient (Wildman–Crippen LogP) is 3.33. The van der Waals surface area contributed by atoms with Gasteiger partial charge in [0, 0.05) is 5.69 Å². The van der Waals surface area contributed by atoms with Gasteiger partial charge in [0.25, 0.3) is 5.91 Å². The van der Waals surface area contributed by atoms with Gasteiger partial charge in [0.2, 0.25) is 11.8 Å². The quantitative estimate of drug-likeness (QED) is 0.235. The van der Waals surface area contributed by atoms with Crippen molar-refractivity contribution in [2.24, 2.45) is 5.10 Å². The molecule has 0 saturated heterocycles. The van der Waals surface area contributed by atoms with Gasteiger partial charge in [0.1, 0.15) is 12.2 Å². The second kappa shape index (κ2) is 12.5. The van der Waals surface area contributed by atoms with Gasteiger partial charge < -0.3 is 20.1 Å². The molecule has 0 aliphatic heterocycles. The number of methoxy groups -OCH3 is 1. The first-order valence-electron chi connectivity index (χ1n) is 10.5. The Hall–Kier alpha value is -4.73. The molecule has 3 amide bonds. The van der Waals surface area contributed by atoms with Crippen LogP contribution in [0.1, 0.15) is 12.0 Å². The van der Waals surface area contributed by atoms with Crippen molar-refractivity contribution in [3.05, 3.63) is 84.2 Å². The number of carbonyl (C=O) groups is 3. The van der Waals surface area contributed by atoms with Gasteiger partial charge in [0.05, 0.1) is 19.0 Å². The third kappa shape index (κ3) is 7.97. The highest BCUT2D eigenvalue weighted by molar-refractivity contribution is 6.03. The molecule has 180 valence electrons. The van der Waals surface area contributed by atoms with Crippen LogP contribution in [-0.2, 0) is 14.4 Å². The van der Waals surface area contributed by atoms with Crippen LogP contribution in [0.3, 0.4) is 0 Å². The number of rotatable bonds is 10. The normalized spacial score (nSPS) is 10.5. The number of anilines is 2. The molecule has 0 aliphatic rings. The lowest BCUT2D eigenvalue weighted by molar-refractivity contribution is -0.126. The minimum absolute atomic E-state index is 0.0548. The zero-order chi connectivity index (χ0) is 25.0. The zero-order valence-corrected chi connectivity index (χ0v) is 18.8. The third-order valence-corrected chi connectivity index (χ3v) is 4.48. The van der Waals surface area contributed by atoms with Gasteiger partial charge in [-0.05, 0) is 48.0 Å². The van der Waals surface area contributed by atoms with Gasteiger partial charge in [-0.25, -0.2) is 9.82 Å². The number of nitrogens with zero attached hydrogens (tertiary/aromatic N) is 1. The standard InChI is InChI=1S/C25H23FN4O5/c1-34-22-13-17(15-27-30-24(32)14-23(31)28-18-7-3-2-4-8-18)11-12-21(22)35-16-25(33)29-20-10-6-5-9-19(20)26/h2-13,15H,14,16H2,1H3,(H,28,31)(H,29,33)(H,30,32). The van der Waals surface area contributed by atoms with Gasteiger partial charge in [-0.3, -0.25) is 14.4 Å². The lowest BCUT2D eigenvalue weighted by Gasteiger charge is -2.11. The van der Waals surface area contributed by atoms with E-state index in [1.54, 1.807) is 48.5 Å². The second-order valence-electron chi connectivity index (χ2n) is 7.11. The SMILES string of the molecule is COc1cc(C=NNC(=O)CC(=O)Nc2ccccc2)ccc1OCC(=O)Nc1ccccc1F. The molecule has 35 heavy (non-hydrogen) atoms. The lowest BCUT2D eigenvalue weighted by atomic mass is 10.2. The smallest absolute Gasteiger partial charge is 0.262 e. The number of halogens is 1. The zero-order valence-electron chi connectivity index (χ0n) is 18.8. The van der Waals surface area contributed by atoms with E-state index in [2.05, 4.69) is 21.2 Å². The maximum atomic E-state index is 13.6. The number of ether oxygens (including phenoxy) is 2. The summed E-state index contributed by atoms with van der Waals surface area (Å²) >= 11 is 0. The molecule has 0 aromatic heterocycles. The van der Waals surface area contributed by atoms with Crippen LogP contribution >= 0.6 is 0 Å². The molecule has 0 atom stereocenters. The van der Waals surface area contributed by atoms with Crippen LogP contribution in [-0.4, -0.2) is 37.7 Å². The Balaban J connectivity index is 1.49. The first kappa shape index (κ1) is 24.9. The van der Waals surface area contributed by atoms with E-state index in [-0.39, 0.29) is 18.0 Å². The average Bonchev–Trinajstić information content (AvgIpc) is 2.85. The van der Waals surface area contributed by atoms with Crippen molar-refractivity contribution in [3.8, 4) is 11.5 Å².